The van der Waals surface area contributed by atoms with Gasteiger partial charge in [-0.25, -0.2) is 16.8 Å². The highest BCUT2D eigenvalue weighted by atomic mass is 32.2. The Balaban J connectivity index is 1.44. The monoisotopic (exact) mass is 503 g/mol. The summed E-state index contributed by atoms with van der Waals surface area (Å²) in [5, 5.41) is 3.08. The van der Waals surface area contributed by atoms with Gasteiger partial charge in [-0.05, 0) is 55.4 Å². The molecule has 2 bridgehead atoms. The molecule has 1 amide bonds. The van der Waals surface area contributed by atoms with Crippen LogP contribution < -0.4 is 5.32 Å². The predicted molar refractivity (Wildman–Crippen MR) is 127 cm³/mol. The Labute approximate surface area is 201 Å². The Morgan fingerprint density at radius 3 is 1.97 bits per heavy atom. The lowest BCUT2D eigenvalue weighted by atomic mass is 9.95. The molecule has 3 aliphatic rings. The minimum atomic E-state index is -3.98. The minimum absolute atomic E-state index is 0.0219. The van der Waals surface area contributed by atoms with Gasteiger partial charge in [0, 0.05) is 25.7 Å². The molecule has 0 unspecified atom stereocenters. The lowest BCUT2D eigenvalue weighted by Gasteiger charge is -2.39. The van der Waals surface area contributed by atoms with Gasteiger partial charge in [0.15, 0.2) is 0 Å². The minimum Gasteiger partial charge on any atom is -0.352 e. The van der Waals surface area contributed by atoms with Gasteiger partial charge in [-0.1, -0.05) is 42.8 Å². The first kappa shape index (κ1) is 23.5. The number of hydrogen-bond donors (Lipinski definition) is 1. The fourth-order valence-corrected chi connectivity index (χ4v) is 8.68. The van der Waals surface area contributed by atoms with Crippen LogP contribution in [-0.4, -0.2) is 63.1 Å². The van der Waals surface area contributed by atoms with Crippen molar-refractivity contribution in [3.63, 3.8) is 0 Å². The first-order chi connectivity index (χ1) is 16.3. The number of amides is 1. The van der Waals surface area contributed by atoms with Gasteiger partial charge in [-0.15, -0.1) is 0 Å². The number of hydrogen-bond acceptors (Lipinski definition) is 5. The zero-order valence-corrected chi connectivity index (χ0v) is 20.4. The van der Waals surface area contributed by atoms with Crippen LogP contribution in [0.1, 0.15) is 25.7 Å². The number of benzene rings is 2. The number of piperazine rings is 1. The standard InChI is InChI=1S/C24H29N3O5S2/c28-24(25-22-16-18-11-12-19(22)15-18)23-17-26(33(29,30)20-7-3-1-4-8-20)13-14-27(23)34(31,32)21-9-5-2-6-10-21/h1-10,18-19,22-23H,11-17H2,(H,25,28)/t18-,19+,22-,23+/m1/s1. The molecule has 1 heterocycles. The molecule has 0 spiro atoms. The zero-order valence-electron chi connectivity index (χ0n) is 18.8. The molecule has 1 aliphatic heterocycles. The summed E-state index contributed by atoms with van der Waals surface area (Å²) >= 11 is 0. The van der Waals surface area contributed by atoms with Crippen molar-refractivity contribution in [3.05, 3.63) is 60.7 Å². The first-order valence-corrected chi connectivity index (χ1v) is 14.6. The van der Waals surface area contributed by atoms with Crippen LogP contribution >= 0.6 is 0 Å². The van der Waals surface area contributed by atoms with E-state index in [0.29, 0.717) is 11.8 Å². The molecule has 2 aromatic rings. The highest BCUT2D eigenvalue weighted by Gasteiger charge is 2.46. The summed E-state index contributed by atoms with van der Waals surface area (Å²) in [4.78, 5) is 13.7. The lowest BCUT2D eigenvalue weighted by Crippen LogP contribution is -2.62. The molecule has 4 atom stereocenters. The van der Waals surface area contributed by atoms with Crippen molar-refractivity contribution in [1.29, 1.82) is 0 Å². The van der Waals surface area contributed by atoms with E-state index in [0.717, 1.165) is 19.3 Å². The van der Waals surface area contributed by atoms with Gasteiger partial charge in [-0.3, -0.25) is 4.79 Å². The van der Waals surface area contributed by atoms with Crippen molar-refractivity contribution in [3.8, 4) is 0 Å². The lowest BCUT2D eigenvalue weighted by molar-refractivity contribution is -0.127. The second kappa shape index (κ2) is 9.07. The smallest absolute Gasteiger partial charge is 0.243 e. The molecule has 1 saturated heterocycles. The fraction of sp³-hybridized carbons (Fsp3) is 0.458. The number of fused-ring (bicyclic) bond motifs is 2. The summed E-state index contributed by atoms with van der Waals surface area (Å²) in [5.74, 6) is 0.603. The van der Waals surface area contributed by atoms with E-state index >= 15 is 0 Å². The van der Waals surface area contributed by atoms with Gasteiger partial charge in [-0.2, -0.15) is 8.61 Å². The van der Waals surface area contributed by atoms with E-state index < -0.39 is 32.0 Å². The van der Waals surface area contributed by atoms with E-state index in [2.05, 4.69) is 5.32 Å². The Morgan fingerprint density at radius 1 is 0.794 bits per heavy atom. The van der Waals surface area contributed by atoms with Gasteiger partial charge in [0.25, 0.3) is 0 Å². The number of sulfonamides is 2. The molecule has 5 rings (SSSR count). The average Bonchev–Trinajstić information content (AvgIpc) is 3.48. The van der Waals surface area contributed by atoms with Crippen LogP contribution in [-0.2, 0) is 24.8 Å². The molecule has 0 aromatic heterocycles. The van der Waals surface area contributed by atoms with E-state index in [4.69, 9.17) is 0 Å². The molecule has 10 heteroatoms. The molecule has 8 nitrogen and oxygen atoms in total. The van der Waals surface area contributed by atoms with Gasteiger partial charge in [0.1, 0.15) is 6.04 Å². The third kappa shape index (κ3) is 4.28. The molecule has 2 saturated carbocycles. The molecule has 182 valence electrons. The maximum absolute atomic E-state index is 13.5. The van der Waals surface area contributed by atoms with Crippen LogP contribution in [0.25, 0.3) is 0 Å². The van der Waals surface area contributed by atoms with E-state index in [9.17, 15) is 21.6 Å². The van der Waals surface area contributed by atoms with Crippen molar-refractivity contribution >= 4 is 26.0 Å². The molecule has 1 N–H and O–H groups in total. The van der Waals surface area contributed by atoms with E-state index in [1.807, 2.05) is 0 Å². The van der Waals surface area contributed by atoms with Crippen molar-refractivity contribution in [1.82, 2.24) is 13.9 Å². The Bertz CT molecular complexity index is 1250. The normalized spacial score (nSPS) is 28.1. The van der Waals surface area contributed by atoms with Gasteiger partial charge < -0.3 is 5.32 Å². The third-order valence-electron chi connectivity index (χ3n) is 7.39. The van der Waals surface area contributed by atoms with Crippen LogP contribution in [0.15, 0.2) is 70.5 Å². The van der Waals surface area contributed by atoms with E-state index in [-0.39, 0.29) is 35.5 Å². The van der Waals surface area contributed by atoms with Gasteiger partial charge in [0.2, 0.25) is 26.0 Å². The number of nitrogens with zero attached hydrogens (tertiary/aromatic N) is 2. The molecule has 0 radical (unpaired) electrons. The van der Waals surface area contributed by atoms with Crippen molar-refractivity contribution in [2.45, 2.75) is 47.6 Å². The average molecular weight is 504 g/mol. The fourth-order valence-electron chi connectivity index (χ4n) is 5.63. The quantitative estimate of drug-likeness (QED) is 0.650. The van der Waals surface area contributed by atoms with Gasteiger partial charge in [0.05, 0.1) is 9.79 Å². The summed E-state index contributed by atoms with van der Waals surface area (Å²) < 4.78 is 55.9. The Hall–Kier alpha value is -2.27. The zero-order chi connectivity index (χ0) is 23.9. The van der Waals surface area contributed by atoms with E-state index in [1.54, 1.807) is 36.4 Å². The SMILES string of the molecule is O=C(N[C@@H]1C[C@@H]2CC[C@H]1C2)[C@@H]1CN(S(=O)(=O)c2ccccc2)CCN1S(=O)(=O)c1ccccc1. The second-order valence-electron chi connectivity index (χ2n) is 9.41. The summed E-state index contributed by atoms with van der Waals surface area (Å²) in [7, 11) is -7.85. The molecular formula is C24H29N3O5S2. The largest absolute Gasteiger partial charge is 0.352 e. The number of rotatable bonds is 6. The van der Waals surface area contributed by atoms with Gasteiger partial charge >= 0.3 is 0 Å². The Morgan fingerprint density at radius 2 is 1.41 bits per heavy atom. The molecule has 3 fully saturated rings. The Kier molecular flexibility index (Phi) is 6.26. The first-order valence-electron chi connectivity index (χ1n) is 11.7. The summed E-state index contributed by atoms with van der Waals surface area (Å²) in [5.41, 5.74) is 0. The second-order valence-corrected chi connectivity index (χ2v) is 13.2. The summed E-state index contributed by atoms with van der Waals surface area (Å²) in [6, 6.07) is 14.9. The van der Waals surface area contributed by atoms with Crippen LogP contribution in [0.2, 0.25) is 0 Å². The van der Waals surface area contributed by atoms with Crippen LogP contribution in [0.4, 0.5) is 0 Å². The van der Waals surface area contributed by atoms with Crippen LogP contribution in [0, 0.1) is 11.8 Å². The number of carbonyl (C=O) groups excluding carboxylic acids is 1. The van der Waals surface area contributed by atoms with Crippen LogP contribution in [0.5, 0.6) is 0 Å². The number of carbonyl (C=O) groups is 1. The maximum atomic E-state index is 13.5. The molecular weight excluding hydrogens is 474 g/mol. The number of nitrogens with one attached hydrogen (secondary N) is 1. The van der Waals surface area contributed by atoms with E-state index in [1.165, 1.54) is 39.3 Å². The highest BCUT2D eigenvalue weighted by Crippen LogP contribution is 2.44. The molecule has 34 heavy (non-hydrogen) atoms. The third-order valence-corrected chi connectivity index (χ3v) is 11.2. The van der Waals surface area contributed by atoms with Crippen molar-refractivity contribution in [2.24, 2.45) is 11.8 Å². The summed E-state index contributed by atoms with van der Waals surface area (Å²) in [6.45, 7) is -0.352. The van der Waals surface area contributed by atoms with Crippen molar-refractivity contribution < 1.29 is 21.6 Å². The topological polar surface area (TPSA) is 104 Å². The van der Waals surface area contributed by atoms with Crippen LogP contribution in [0.3, 0.4) is 0 Å². The summed E-state index contributed by atoms with van der Waals surface area (Å²) in [6.07, 6.45) is 4.25. The molecule has 2 aromatic carbocycles. The molecule has 2 aliphatic carbocycles. The predicted octanol–water partition coefficient (Wildman–Crippen LogP) is 2.06. The van der Waals surface area contributed by atoms with Crippen molar-refractivity contribution in [2.75, 3.05) is 19.6 Å². The highest BCUT2D eigenvalue weighted by molar-refractivity contribution is 7.89. The maximum Gasteiger partial charge on any atom is 0.243 e.